The molecule has 0 aromatic heterocycles. The SMILES string of the molecule is CCC1(C(=O)O)C(CCl)C1(C)c1cccc([N+](=O)[O-])c1. The summed E-state index contributed by atoms with van der Waals surface area (Å²) in [5.41, 5.74) is -0.966. The summed E-state index contributed by atoms with van der Waals surface area (Å²) in [6, 6.07) is 6.19. The summed E-state index contributed by atoms with van der Waals surface area (Å²) in [6.45, 7) is 3.65. The highest BCUT2D eigenvalue weighted by Gasteiger charge is 2.77. The number of nitro benzene ring substituents is 1. The molecule has 1 aliphatic carbocycles. The van der Waals surface area contributed by atoms with Gasteiger partial charge >= 0.3 is 5.97 Å². The van der Waals surface area contributed by atoms with Crippen LogP contribution in [0.25, 0.3) is 0 Å². The van der Waals surface area contributed by atoms with Crippen molar-refractivity contribution in [3.8, 4) is 0 Å². The molecule has 0 aliphatic heterocycles. The molecule has 2 rings (SSSR count). The largest absolute Gasteiger partial charge is 0.481 e. The highest BCUT2D eigenvalue weighted by molar-refractivity contribution is 6.18. The summed E-state index contributed by atoms with van der Waals surface area (Å²) in [4.78, 5) is 22.1. The lowest BCUT2D eigenvalue weighted by molar-refractivity contribution is -0.384. The average molecular weight is 298 g/mol. The zero-order valence-electron chi connectivity index (χ0n) is 11.3. The number of rotatable bonds is 5. The van der Waals surface area contributed by atoms with Gasteiger partial charge < -0.3 is 5.11 Å². The lowest BCUT2D eigenvalue weighted by atomic mass is 9.86. The molecule has 3 atom stereocenters. The van der Waals surface area contributed by atoms with Gasteiger partial charge in [-0.05, 0) is 17.9 Å². The number of non-ortho nitro benzene ring substituents is 1. The van der Waals surface area contributed by atoms with Crippen LogP contribution in [0.15, 0.2) is 24.3 Å². The molecule has 20 heavy (non-hydrogen) atoms. The molecule has 108 valence electrons. The Bertz CT molecular complexity index is 576. The molecule has 0 amide bonds. The van der Waals surface area contributed by atoms with Crippen LogP contribution in [0.4, 0.5) is 5.69 Å². The van der Waals surface area contributed by atoms with E-state index < -0.39 is 21.7 Å². The molecule has 0 saturated heterocycles. The standard InChI is InChI=1S/C14H16ClNO4/c1-3-14(12(17)18)11(8-15)13(14,2)9-5-4-6-10(7-9)16(19)20/h4-7,11H,3,8H2,1-2H3,(H,17,18). The van der Waals surface area contributed by atoms with E-state index in [1.165, 1.54) is 12.1 Å². The molecule has 0 radical (unpaired) electrons. The summed E-state index contributed by atoms with van der Waals surface area (Å²) in [7, 11) is 0. The van der Waals surface area contributed by atoms with Crippen LogP contribution in [0.2, 0.25) is 0 Å². The van der Waals surface area contributed by atoms with Gasteiger partial charge in [0.25, 0.3) is 5.69 Å². The Morgan fingerprint density at radius 3 is 2.60 bits per heavy atom. The van der Waals surface area contributed by atoms with Crippen molar-refractivity contribution in [2.45, 2.75) is 25.7 Å². The fourth-order valence-corrected chi connectivity index (χ4v) is 4.19. The molecule has 6 heteroatoms. The van der Waals surface area contributed by atoms with Crippen molar-refractivity contribution in [1.29, 1.82) is 0 Å². The first-order chi connectivity index (χ1) is 9.36. The molecule has 1 fully saturated rings. The van der Waals surface area contributed by atoms with Gasteiger partial charge in [-0.3, -0.25) is 14.9 Å². The van der Waals surface area contributed by atoms with Gasteiger partial charge in [0.1, 0.15) is 0 Å². The van der Waals surface area contributed by atoms with Crippen molar-refractivity contribution < 1.29 is 14.8 Å². The quantitative estimate of drug-likeness (QED) is 0.514. The molecule has 3 unspecified atom stereocenters. The highest BCUT2D eigenvalue weighted by Crippen LogP contribution is 2.71. The zero-order valence-corrected chi connectivity index (χ0v) is 12.1. The number of hydrogen-bond donors (Lipinski definition) is 1. The maximum atomic E-state index is 11.7. The predicted octanol–water partition coefficient (Wildman–Crippen LogP) is 3.20. The molecule has 1 aliphatic rings. The normalized spacial score (nSPS) is 31.9. The Morgan fingerprint density at radius 2 is 2.20 bits per heavy atom. The number of aliphatic carboxylic acids is 1. The van der Waals surface area contributed by atoms with Gasteiger partial charge in [0.15, 0.2) is 0 Å². The second-order valence-corrected chi connectivity index (χ2v) is 5.66. The maximum Gasteiger partial charge on any atom is 0.310 e. The van der Waals surface area contributed by atoms with E-state index in [2.05, 4.69) is 0 Å². The molecular formula is C14H16ClNO4. The van der Waals surface area contributed by atoms with E-state index >= 15 is 0 Å². The van der Waals surface area contributed by atoms with Crippen LogP contribution in [0, 0.1) is 21.4 Å². The molecule has 0 spiro atoms. The van der Waals surface area contributed by atoms with E-state index in [4.69, 9.17) is 11.6 Å². The molecular weight excluding hydrogens is 282 g/mol. The molecule has 0 bridgehead atoms. The number of nitrogens with zero attached hydrogens (tertiary/aromatic N) is 1. The van der Waals surface area contributed by atoms with Crippen molar-refractivity contribution in [3.05, 3.63) is 39.9 Å². The van der Waals surface area contributed by atoms with E-state index in [0.29, 0.717) is 12.0 Å². The van der Waals surface area contributed by atoms with Crippen LogP contribution in [0.1, 0.15) is 25.8 Å². The van der Waals surface area contributed by atoms with Crippen molar-refractivity contribution in [1.82, 2.24) is 0 Å². The van der Waals surface area contributed by atoms with Gasteiger partial charge in [0, 0.05) is 23.4 Å². The summed E-state index contributed by atoms with van der Waals surface area (Å²) < 4.78 is 0. The van der Waals surface area contributed by atoms with Crippen molar-refractivity contribution in [2.24, 2.45) is 11.3 Å². The highest BCUT2D eigenvalue weighted by atomic mass is 35.5. The Kier molecular flexibility index (Phi) is 3.50. The smallest absolute Gasteiger partial charge is 0.310 e. The predicted molar refractivity (Wildman–Crippen MR) is 75.0 cm³/mol. The number of halogens is 1. The molecule has 1 saturated carbocycles. The summed E-state index contributed by atoms with van der Waals surface area (Å²) in [5, 5.41) is 20.5. The number of carbonyl (C=O) groups is 1. The van der Waals surface area contributed by atoms with Crippen molar-refractivity contribution in [2.75, 3.05) is 5.88 Å². The Labute approximate surface area is 121 Å². The number of carboxylic acids is 1. The summed E-state index contributed by atoms with van der Waals surface area (Å²) in [6.07, 6.45) is 0.443. The molecule has 0 heterocycles. The van der Waals surface area contributed by atoms with Crippen LogP contribution < -0.4 is 0 Å². The first kappa shape index (κ1) is 14.8. The molecule has 1 aromatic rings. The third kappa shape index (κ3) is 1.66. The lowest BCUT2D eigenvalue weighted by Crippen LogP contribution is -2.24. The molecule has 5 nitrogen and oxygen atoms in total. The lowest BCUT2D eigenvalue weighted by Gasteiger charge is -2.17. The topological polar surface area (TPSA) is 80.4 Å². The van der Waals surface area contributed by atoms with Crippen LogP contribution >= 0.6 is 11.6 Å². The minimum Gasteiger partial charge on any atom is -0.481 e. The Balaban J connectivity index is 2.53. The van der Waals surface area contributed by atoms with Crippen LogP contribution in [-0.2, 0) is 10.2 Å². The van der Waals surface area contributed by atoms with E-state index in [9.17, 15) is 20.0 Å². The number of carboxylic acid groups (broad SMARTS) is 1. The van der Waals surface area contributed by atoms with Gasteiger partial charge in [0.05, 0.1) is 10.3 Å². The Hall–Kier alpha value is -1.62. The Morgan fingerprint density at radius 1 is 1.55 bits per heavy atom. The number of nitro groups is 1. The zero-order chi connectivity index (χ0) is 15.1. The number of alkyl halides is 1. The van der Waals surface area contributed by atoms with Crippen LogP contribution in [0.5, 0.6) is 0 Å². The van der Waals surface area contributed by atoms with Gasteiger partial charge in [0.2, 0.25) is 0 Å². The van der Waals surface area contributed by atoms with Gasteiger partial charge in [-0.1, -0.05) is 26.0 Å². The van der Waals surface area contributed by atoms with E-state index in [-0.39, 0.29) is 17.5 Å². The third-order valence-corrected chi connectivity index (χ3v) is 5.19. The maximum absolute atomic E-state index is 11.7. The first-order valence-electron chi connectivity index (χ1n) is 6.40. The van der Waals surface area contributed by atoms with Crippen molar-refractivity contribution >= 4 is 23.3 Å². The van der Waals surface area contributed by atoms with Gasteiger partial charge in [-0.25, -0.2) is 0 Å². The monoisotopic (exact) mass is 297 g/mol. The van der Waals surface area contributed by atoms with E-state index in [1.54, 1.807) is 12.1 Å². The van der Waals surface area contributed by atoms with Crippen molar-refractivity contribution in [3.63, 3.8) is 0 Å². The van der Waals surface area contributed by atoms with Crippen LogP contribution in [-0.4, -0.2) is 21.9 Å². The number of benzene rings is 1. The number of hydrogen-bond acceptors (Lipinski definition) is 3. The average Bonchev–Trinajstić information content (AvgIpc) is 3.00. The second-order valence-electron chi connectivity index (χ2n) is 5.35. The molecule has 1 N–H and O–H groups in total. The molecule has 1 aromatic carbocycles. The van der Waals surface area contributed by atoms with E-state index in [0.717, 1.165) is 0 Å². The minimum absolute atomic E-state index is 0.0284. The van der Waals surface area contributed by atoms with E-state index in [1.807, 2.05) is 13.8 Å². The van der Waals surface area contributed by atoms with Gasteiger partial charge in [-0.15, -0.1) is 11.6 Å². The third-order valence-electron chi connectivity index (χ3n) is 4.89. The minimum atomic E-state index is -0.941. The fourth-order valence-electron chi connectivity index (χ4n) is 3.62. The summed E-state index contributed by atoms with van der Waals surface area (Å²) >= 11 is 5.95. The summed E-state index contributed by atoms with van der Waals surface area (Å²) in [5.74, 6) is -0.889. The van der Waals surface area contributed by atoms with Crippen LogP contribution in [0.3, 0.4) is 0 Å². The fraction of sp³-hybridized carbons (Fsp3) is 0.500. The first-order valence-corrected chi connectivity index (χ1v) is 6.94. The second kappa shape index (κ2) is 4.74. The van der Waals surface area contributed by atoms with Gasteiger partial charge in [-0.2, -0.15) is 0 Å².